The molecule has 2 nitrogen and oxygen atoms in total. The Hall–Kier alpha value is -0.0800. The lowest BCUT2D eigenvalue weighted by Crippen LogP contribution is -2.17. The van der Waals surface area contributed by atoms with Crippen molar-refractivity contribution < 1.29 is 9.47 Å². The molecule has 1 saturated heterocycles. The van der Waals surface area contributed by atoms with E-state index >= 15 is 0 Å². The van der Waals surface area contributed by atoms with Crippen molar-refractivity contribution in [2.75, 3.05) is 19.8 Å². The molecule has 0 bridgehead atoms. The molecule has 72 valence electrons. The van der Waals surface area contributed by atoms with Gasteiger partial charge in [0.05, 0.1) is 13.2 Å². The zero-order valence-electron chi connectivity index (χ0n) is 8.43. The first-order chi connectivity index (χ1) is 5.66. The first kappa shape index (κ1) is 10.0. The number of ether oxygens (including phenoxy) is 2. The molecule has 1 aliphatic rings. The summed E-state index contributed by atoms with van der Waals surface area (Å²) in [6.45, 7) is 9.06. The van der Waals surface area contributed by atoms with E-state index in [-0.39, 0.29) is 5.60 Å². The number of epoxide rings is 1. The Morgan fingerprint density at radius 3 is 2.75 bits per heavy atom. The van der Waals surface area contributed by atoms with Crippen LogP contribution in [0.15, 0.2) is 0 Å². The average Bonchev–Trinajstić information content (AvgIpc) is 2.69. The number of rotatable bonds is 6. The second-order valence-corrected chi connectivity index (χ2v) is 4.15. The predicted molar refractivity (Wildman–Crippen MR) is 49.2 cm³/mol. The van der Waals surface area contributed by atoms with E-state index < -0.39 is 0 Å². The van der Waals surface area contributed by atoms with Crippen molar-refractivity contribution in [1.82, 2.24) is 0 Å². The van der Waals surface area contributed by atoms with Gasteiger partial charge in [0.25, 0.3) is 0 Å². The Bertz CT molecular complexity index is 130. The van der Waals surface area contributed by atoms with E-state index in [1.807, 2.05) is 0 Å². The van der Waals surface area contributed by atoms with Gasteiger partial charge in [-0.25, -0.2) is 0 Å². The topological polar surface area (TPSA) is 21.8 Å². The van der Waals surface area contributed by atoms with Crippen molar-refractivity contribution in [3.05, 3.63) is 0 Å². The molecule has 0 aromatic rings. The third-order valence-electron chi connectivity index (χ3n) is 2.23. The minimum absolute atomic E-state index is 0.0614. The van der Waals surface area contributed by atoms with E-state index in [9.17, 15) is 0 Å². The highest BCUT2D eigenvalue weighted by Gasteiger charge is 2.39. The van der Waals surface area contributed by atoms with Crippen LogP contribution in [0.4, 0.5) is 0 Å². The Morgan fingerprint density at radius 2 is 2.25 bits per heavy atom. The molecule has 0 aromatic heterocycles. The Kier molecular flexibility index (Phi) is 3.53. The molecule has 0 aliphatic carbocycles. The fourth-order valence-corrected chi connectivity index (χ4v) is 1.26. The molecule has 2 heteroatoms. The monoisotopic (exact) mass is 172 g/mol. The second-order valence-electron chi connectivity index (χ2n) is 4.15. The maximum Gasteiger partial charge on any atom is 0.112 e. The summed E-state index contributed by atoms with van der Waals surface area (Å²) in [4.78, 5) is 0. The van der Waals surface area contributed by atoms with E-state index in [4.69, 9.17) is 9.47 Å². The van der Waals surface area contributed by atoms with Crippen molar-refractivity contribution in [3.8, 4) is 0 Å². The van der Waals surface area contributed by atoms with Crippen LogP contribution in [-0.4, -0.2) is 25.4 Å². The molecule has 0 radical (unpaired) electrons. The molecule has 0 saturated carbocycles. The van der Waals surface area contributed by atoms with Crippen molar-refractivity contribution in [2.45, 2.75) is 39.2 Å². The molecular weight excluding hydrogens is 152 g/mol. The van der Waals surface area contributed by atoms with Crippen LogP contribution in [0.3, 0.4) is 0 Å². The third-order valence-corrected chi connectivity index (χ3v) is 2.23. The van der Waals surface area contributed by atoms with Crippen LogP contribution >= 0.6 is 0 Å². The van der Waals surface area contributed by atoms with Gasteiger partial charge in [-0.3, -0.25) is 0 Å². The number of hydrogen-bond acceptors (Lipinski definition) is 2. The third kappa shape index (κ3) is 3.55. The van der Waals surface area contributed by atoms with Crippen molar-refractivity contribution in [2.24, 2.45) is 5.92 Å². The lowest BCUT2D eigenvalue weighted by Gasteiger charge is -2.11. The van der Waals surface area contributed by atoms with E-state index in [0.29, 0.717) is 5.92 Å². The minimum atomic E-state index is 0.0614. The molecule has 2 unspecified atom stereocenters. The summed E-state index contributed by atoms with van der Waals surface area (Å²) >= 11 is 0. The second kappa shape index (κ2) is 4.24. The van der Waals surface area contributed by atoms with Gasteiger partial charge in [-0.2, -0.15) is 0 Å². The van der Waals surface area contributed by atoms with Crippen LogP contribution in [-0.2, 0) is 9.47 Å². The summed E-state index contributed by atoms with van der Waals surface area (Å²) in [5.74, 6) is 0.692. The Labute approximate surface area is 75.2 Å². The summed E-state index contributed by atoms with van der Waals surface area (Å²) < 4.78 is 10.8. The summed E-state index contributed by atoms with van der Waals surface area (Å²) in [5.41, 5.74) is 0.0614. The zero-order chi connectivity index (χ0) is 9.03. The molecule has 0 N–H and O–H groups in total. The van der Waals surface area contributed by atoms with Gasteiger partial charge in [0, 0.05) is 6.61 Å². The van der Waals surface area contributed by atoms with Crippen molar-refractivity contribution >= 4 is 0 Å². The molecule has 1 aliphatic heterocycles. The van der Waals surface area contributed by atoms with Gasteiger partial charge in [-0.1, -0.05) is 20.3 Å². The van der Waals surface area contributed by atoms with E-state index in [0.717, 1.165) is 19.8 Å². The van der Waals surface area contributed by atoms with Gasteiger partial charge in [0.2, 0.25) is 0 Å². The van der Waals surface area contributed by atoms with Crippen LogP contribution < -0.4 is 0 Å². The SMILES string of the molecule is CCCC(C)COCC1(C)CO1. The molecule has 0 amide bonds. The van der Waals surface area contributed by atoms with E-state index in [1.54, 1.807) is 0 Å². The van der Waals surface area contributed by atoms with Gasteiger partial charge in [-0.05, 0) is 19.3 Å². The standard InChI is InChI=1S/C10H20O2/c1-4-5-9(2)6-11-7-10(3)8-12-10/h9H,4-8H2,1-3H3. The smallest absolute Gasteiger partial charge is 0.112 e. The largest absolute Gasteiger partial charge is 0.378 e. The molecule has 1 rings (SSSR count). The van der Waals surface area contributed by atoms with Crippen LogP contribution in [0.25, 0.3) is 0 Å². The first-order valence-electron chi connectivity index (χ1n) is 4.88. The molecule has 0 aromatic carbocycles. The molecular formula is C10H20O2. The quantitative estimate of drug-likeness (QED) is 0.573. The minimum Gasteiger partial charge on any atom is -0.378 e. The van der Waals surface area contributed by atoms with Crippen LogP contribution in [0.2, 0.25) is 0 Å². The van der Waals surface area contributed by atoms with Gasteiger partial charge < -0.3 is 9.47 Å². The Morgan fingerprint density at radius 1 is 1.58 bits per heavy atom. The lowest BCUT2D eigenvalue weighted by atomic mass is 10.1. The average molecular weight is 172 g/mol. The number of hydrogen-bond donors (Lipinski definition) is 0. The highest BCUT2D eigenvalue weighted by Crippen LogP contribution is 2.26. The summed E-state index contributed by atoms with van der Waals surface area (Å²) in [5, 5.41) is 0. The molecule has 2 atom stereocenters. The maximum absolute atomic E-state index is 5.55. The van der Waals surface area contributed by atoms with E-state index in [2.05, 4.69) is 20.8 Å². The van der Waals surface area contributed by atoms with Gasteiger partial charge in [0.1, 0.15) is 5.60 Å². The van der Waals surface area contributed by atoms with Crippen LogP contribution in [0.1, 0.15) is 33.6 Å². The molecule has 1 heterocycles. The fourth-order valence-electron chi connectivity index (χ4n) is 1.26. The van der Waals surface area contributed by atoms with Crippen molar-refractivity contribution in [3.63, 3.8) is 0 Å². The molecule has 0 spiro atoms. The summed E-state index contributed by atoms with van der Waals surface area (Å²) in [6.07, 6.45) is 2.51. The lowest BCUT2D eigenvalue weighted by molar-refractivity contribution is 0.0626. The summed E-state index contributed by atoms with van der Waals surface area (Å²) in [6, 6.07) is 0. The normalized spacial score (nSPS) is 30.2. The predicted octanol–water partition coefficient (Wildman–Crippen LogP) is 2.23. The fraction of sp³-hybridized carbons (Fsp3) is 1.00. The molecule has 12 heavy (non-hydrogen) atoms. The van der Waals surface area contributed by atoms with Crippen molar-refractivity contribution in [1.29, 1.82) is 0 Å². The highest BCUT2D eigenvalue weighted by atomic mass is 16.6. The Balaban J connectivity index is 1.94. The maximum atomic E-state index is 5.55. The summed E-state index contributed by atoms with van der Waals surface area (Å²) in [7, 11) is 0. The highest BCUT2D eigenvalue weighted by molar-refractivity contribution is 4.86. The zero-order valence-corrected chi connectivity index (χ0v) is 8.43. The van der Waals surface area contributed by atoms with Gasteiger partial charge in [0.15, 0.2) is 0 Å². The molecule has 1 fully saturated rings. The van der Waals surface area contributed by atoms with Crippen LogP contribution in [0, 0.1) is 5.92 Å². The van der Waals surface area contributed by atoms with Gasteiger partial charge >= 0.3 is 0 Å². The first-order valence-corrected chi connectivity index (χ1v) is 4.88. The van der Waals surface area contributed by atoms with Gasteiger partial charge in [-0.15, -0.1) is 0 Å². The van der Waals surface area contributed by atoms with E-state index in [1.165, 1.54) is 12.8 Å². The van der Waals surface area contributed by atoms with Crippen LogP contribution in [0.5, 0.6) is 0 Å².